The average molecular weight is 1340 g/mol. The SMILES string of the molecule is C=C(C)C(=O)OC12CC3CC(C1)CC(C(=O)OC(CS(=O)(=O)[O-])C(F)(F)F)(C3)C2.C=C(C)C(=O)OC12CC3CC(C1)CC(C(=O)OCCS(=O)(=O)[O-])(C3)C2.c1ccc([S+](c2ccccc2)c2ccccc2)cc1.c1ccc([S+](c2ccccc2)c2ccccc2)cc1. The van der Waals surface area contributed by atoms with Crippen molar-refractivity contribution < 1.29 is 77.2 Å². The van der Waals surface area contributed by atoms with Gasteiger partial charge in [0.15, 0.2) is 29.4 Å². The Hall–Kier alpha value is -7.01. The molecular weight excluding hydrogens is 1260 g/mol. The Morgan fingerprint density at radius 1 is 0.489 bits per heavy atom. The molecule has 0 aromatic heterocycles. The van der Waals surface area contributed by atoms with Gasteiger partial charge in [0.1, 0.15) is 17.8 Å². The van der Waals surface area contributed by atoms with E-state index < -0.39 is 96.5 Å². The van der Waals surface area contributed by atoms with E-state index in [4.69, 9.17) is 14.2 Å². The first-order chi connectivity index (χ1) is 43.6. The van der Waals surface area contributed by atoms with Crippen molar-refractivity contribution in [3.8, 4) is 0 Å². The molecule has 14 rings (SSSR count). The standard InChI is InChI=1S/C18H23F3O7S.2C18H15S.C17H24O7S/c1-10(2)14(22)28-17-6-11-3-12(7-17)5-16(4-11,9-17)15(23)27-13(18(19,20)21)8-29(24,25)26;2*1-4-10-16(11-5-1)19(17-12-6-2-7-13-17)18-14-8-3-9-15-18;1-11(2)14(18)24-17-8-12-5-13(9-17)7-16(6-12,10-17)15(19)23-3-4-25(20,21)22/h11-13H,1,3-9H2,2H3,(H,24,25,26);2*1-15H;12-13H,1,3-10H2,2H3,(H,20,21,22)/q;2*+1;/p-2. The molecule has 0 amide bonds. The Kier molecular flexibility index (Phi) is 21.9. The number of halogens is 3. The zero-order valence-corrected chi connectivity index (χ0v) is 54.5. The van der Waals surface area contributed by atoms with E-state index in [1.807, 2.05) is 0 Å². The highest BCUT2D eigenvalue weighted by molar-refractivity contribution is 7.97. The van der Waals surface area contributed by atoms with Crippen molar-refractivity contribution in [3.63, 3.8) is 0 Å². The second-order valence-electron chi connectivity index (χ2n) is 25.2. The first kappa shape index (κ1) is 69.3. The largest absolute Gasteiger partial charge is 0.748 e. The molecule has 92 heavy (non-hydrogen) atoms. The van der Waals surface area contributed by atoms with Crippen molar-refractivity contribution in [1.29, 1.82) is 0 Å². The Labute approximate surface area is 542 Å². The summed E-state index contributed by atoms with van der Waals surface area (Å²) in [6.07, 6.45) is -1.63. The van der Waals surface area contributed by atoms with Crippen LogP contribution < -0.4 is 0 Å². The topological polar surface area (TPSA) is 220 Å². The van der Waals surface area contributed by atoms with Crippen molar-refractivity contribution in [2.24, 2.45) is 34.5 Å². The minimum Gasteiger partial charge on any atom is -0.748 e. The van der Waals surface area contributed by atoms with Crippen LogP contribution in [0.3, 0.4) is 0 Å². The predicted octanol–water partition coefficient (Wildman–Crippen LogP) is 13.6. The summed E-state index contributed by atoms with van der Waals surface area (Å²) in [5, 5.41) is 0. The van der Waals surface area contributed by atoms with E-state index in [2.05, 4.69) is 200 Å². The van der Waals surface area contributed by atoms with Gasteiger partial charge in [0.05, 0.1) is 64.4 Å². The normalized spacial score (nSPS) is 25.1. The molecule has 8 saturated carbocycles. The predicted molar refractivity (Wildman–Crippen MR) is 341 cm³/mol. The number of ether oxygens (including phenoxy) is 4. The molecule has 0 spiro atoms. The Balaban J connectivity index is 0.000000147. The van der Waals surface area contributed by atoms with Crippen LogP contribution in [-0.2, 0) is 80.2 Å². The summed E-state index contributed by atoms with van der Waals surface area (Å²) in [5.74, 6) is -4.79. The molecule has 21 heteroatoms. The van der Waals surface area contributed by atoms with Crippen LogP contribution in [0.25, 0.3) is 0 Å². The Morgan fingerprint density at radius 3 is 1.02 bits per heavy atom. The van der Waals surface area contributed by atoms with E-state index in [1.54, 1.807) is 6.92 Å². The number of carbonyl (C=O) groups excluding carboxylic acids is 4. The third kappa shape index (κ3) is 17.8. The van der Waals surface area contributed by atoms with Crippen LogP contribution in [0.1, 0.15) is 90.9 Å². The van der Waals surface area contributed by atoms with Gasteiger partial charge in [-0.05, 0) is 175 Å². The molecule has 6 aromatic carbocycles. The van der Waals surface area contributed by atoms with Crippen molar-refractivity contribution >= 4 is 65.9 Å². The molecule has 8 bridgehead atoms. The summed E-state index contributed by atoms with van der Waals surface area (Å²) in [6, 6.07) is 64.3. The fourth-order valence-corrected chi connectivity index (χ4v) is 19.9. The van der Waals surface area contributed by atoms with Gasteiger partial charge in [-0.25, -0.2) is 26.4 Å². The lowest BCUT2D eigenvalue weighted by Gasteiger charge is -2.59. The maximum atomic E-state index is 13.2. The third-order valence-electron chi connectivity index (χ3n) is 17.6. The Bertz CT molecular complexity index is 3450. The number of hydrogen-bond acceptors (Lipinski definition) is 14. The van der Waals surface area contributed by atoms with Gasteiger partial charge in [-0.1, -0.05) is 122 Å². The molecule has 0 aliphatic heterocycles. The molecule has 14 nitrogen and oxygen atoms in total. The van der Waals surface area contributed by atoms with E-state index >= 15 is 0 Å². The first-order valence-corrected chi connectivity index (χ1v) is 36.0. The minimum absolute atomic E-state index is 0.0134. The number of alkyl halides is 3. The molecule has 8 fully saturated rings. The molecule has 0 saturated heterocycles. The van der Waals surface area contributed by atoms with Gasteiger partial charge >= 0.3 is 30.1 Å². The quantitative estimate of drug-likeness (QED) is 0.0257. The summed E-state index contributed by atoms with van der Waals surface area (Å²) in [4.78, 5) is 57.8. The fourth-order valence-electron chi connectivity index (χ4n) is 14.8. The Morgan fingerprint density at radius 2 is 0.772 bits per heavy atom. The number of benzene rings is 6. The number of carbonyl (C=O) groups is 4. The van der Waals surface area contributed by atoms with E-state index in [-0.39, 0.29) is 70.3 Å². The molecule has 0 radical (unpaired) electrons. The summed E-state index contributed by atoms with van der Waals surface area (Å²) < 4.78 is 125. The van der Waals surface area contributed by atoms with Gasteiger partial charge in [0.25, 0.3) is 0 Å². The van der Waals surface area contributed by atoms with Crippen LogP contribution in [0.2, 0.25) is 0 Å². The van der Waals surface area contributed by atoms with E-state index in [1.165, 1.54) is 36.3 Å². The minimum atomic E-state index is -5.27. The van der Waals surface area contributed by atoms with Crippen molar-refractivity contribution in [2.75, 3.05) is 18.1 Å². The number of esters is 4. The van der Waals surface area contributed by atoms with E-state index in [0.29, 0.717) is 37.7 Å². The lowest BCUT2D eigenvalue weighted by atomic mass is 9.48. The first-order valence-electron chi connectivity index (χ1n) is 30.4. The molecule has 8 aliphatic rings. The van der Waals surface area contributed by atoms with Crippen LogP contribution in [-0.4, -0.2) is 91.4 Å². The molecule has 5 unspecified atom stereocenters. The highest BCUT2D eigenvalue weighted by atomic mass is 32.2. The second-order valence-corrected chi connectivity index (χ2v) is 32.3. The van der Waals surface area contributed by atoms with Crippen LogP contribution in [0.15, 0.2) is 236 Å². The molecule has 488 valence electrons. The molecular formula is C71H75F3O14S4. The summed E-state index contributed by atoms with van der Waals surface area (Å²) in [7, 11) is -9.72. The lowest BCUT2D eigenvalue weighted by molar-refractivity contribution is -0.236. The van der Waals surface area contributed by atoms with Crippen LogP contribution in [0.4, 0.5) is 13.2 Å². The van der Waals surface area contributed by atoms with Gasteiger partial charge in [-0.3, -0.25) is 9.59 Å². The van der Waals surface area contributed by atoms with E-state index in [0.717, 1.165) is 25.7 Å². The highest BCUT2D eigenvalue weighted by Gasteiger charge is 2.65. The van der Waals surface area contributed by atoms with Gasteiger partial charge in [-0.15, -0.1) is 0 Å². The molecule has 6 aromatic rings. The molecule has 0 N–H and O–H groups in total. The van der Waals surface area contributed by atoms with Gasteiger partial charge in [-0.2, -0.15) is 13.2 Å². The van der Waals surface area contributed by atoms with Crippen molar-refractivity contribution in [3.05, 3.63) is 206 Å². The smallest absolute Gasteiger partial charge is 0.426 e. The van der Waals surface area contributed by atoms with Gasteiger partial charge in [0, 0.05) is 24.0 Å². The number of rotatable bonds is 18. The zero-order valence-electron chi connectivity index (χ0n) is 51.2. The number of hydrogen-bond donors (Lipinski definition) is 0. The third-order valence-corrected chi connectivity index (χ3v) is 23.4. The van der Waals surface area contributed by atoms with Gasteiger partial charge in [0.2, 0.25) is 6.10 Å². The second kappa shape index (κ2) is 29.1. The highest BCUT2D eigenvalue weighted by Crippen LogP contribution is 2.65. The van der Waals surface area contributed by atoms with E-state index in [9.17, 15) is 58.3 Å². The summed E-state index contributed by atoms with van der Waals surface area (Å²) in [5.41, 5.74) is -3.17. The van der Waals surface area contributed by atoms with Crippen molar-refractivity contribution in [2.45, 2.75) is 144 Å². The molecule has 5 atom stereocenters. The van der Waals surface area contributed by atoms with Crippen LogP contribution in [0.5, 0.6) is 0 Å². The monoisotopic (exact) mass is 1340 g/mol. The molecule has 8 aliphatic carbocycles. The lowest BCUT2D eigenvalue weighted by Crippen LogP contribution is -2.60. The van der Waals surface area contributed by atoms with Gasteiger partial charge < -0.3 is 28.1 Å². The van der Waals surface area contributed by atoms with Crippen LogP contribution in [0, 0.1) is 34.5 Å². The average Bonchev–Trinajstić information content (AvgIpc) is 0.726. The van der Waals surface area contributed by atoms with Crippen molar-refractivity contribution in [1.82, 2.24) is 0 Å². The maximum Gasteiger partial charge on any atom is 0.426 e. The summed E-state index contributed by atoms with van der Waals surface area (Å²) >= 11 is 0. The fraction of sp³-hybridized carbons (Fsp3) is 0.380. The zero-order chi connectivity index (χ0) is 66.1. The maximum absolute atomic E-state index is 13.2. The molecule has 0 heterocycles. The summed E-state index contributed by atoms with van der Waals surface area (Å²) in [6.45, 7) is 9.78. The van der Waals surface area contributed by atoms with Crippen LogP contribution >= 0.6 is 0 Å².